The third-order valence-electron chi connectivity index (χ3n) is 1.96. The molecule has 0 spiro atoms. The summed E-state index contributed by atoms with van der Waals surface area (Å²) >= 11 is 11.3. The molecule has 0 aliphatic heterocycles. The van der Waals surface area contributed by atoms with E-state index in [1.165, 1.54) is 14.1 Å². The van der Waals surface area contributed by atoms with Crippen molar-refractivity contribution in [2.24, 2.45) is 0 Å². The fourth-order valence-electron chi connectivity index (χ4n) is 1.05. The lowest BCUT2D eigenvalue weighted by atomic mass is 10.3. The third-order valence-corrected chi connectivity index (χ3v) is 4.54. The Balaban J connectivity index is 3.57. The second-order valence-corrected chi connectivity index (χ2v) is 6.21. The summed E-state index contributed by atoms with van der Waals surface area (Å²) in [5.74, 6) is 0. The van der Waals surface area contributed by atoms with E-state index in [2.05, 4.69) is 0 Å². The van der Waals surface area contributed by atoms with Gasteiger partial charge in [0.05, 0.1) is 9.95 Å². The highest BCUT2D eigenvalue weighted by molar-refractivity contribution is 7.89. The maximum Gasteiger partial charge on any atom is 0.289 e. The quantitative estimate of drug-likeness (QED) is 0.632. The zero-order valence-corrected chi connectivity index (χ0v) is 11.2. The highest BCUT2D eigenvalue weighted by Gasteiger charge is 2.26. The van der Waals surface area contributed by atoms with Gasteiger partial charge in [-0.25, -0.2) is 12.7 Å². The van der Waals surface area contributed by atoms with Crippen LogP contribution in [0.25, 0.3) is 0 Å². The van der Waals surface area contributed by atoms with Crippen molar-refractivity contribution < 1.29 is 13.3 Å². The molecule has 0 unspecified atom stereocenters. The van der Waals surface area contributed by atoms with Gasteiger partial charge in [-0.3, -0.25) is 10.1 Å². The molecule has 17 heavy (non-hydrogen) atoms. The highest BCUT2D eigenvalue weighted by atomic mass is 35.5. The van der Waals surface area contributed by atoms with Crippen molar-refractivity contribution in [3.05, 3.63) is 32.3 Å². The van der Waals surface area contributed by atoms with E-state index in [0.29, 0.717) is 0 Å². The van der Waals surface area contributed by atoms with E-state index in [-0.39, 0.29) is 14.9 Å². The van der Waals surface area contributed by atoms with Gasteiger partial charge in [-0.15, -0.1) is 0 Å². The van der Waals surface area contributed by atoms with Crippen molar-refractivity contribution in [2.45, 2.75) is 4.90 Å². The Hall–Kier alpha value is -0.890. The molecule has 6 nitrogen and oxygen atoms in total. The molecule has 0 fully saturated rings. The lowest BCUT2D eigenvalue weighted by Gasteiger charge is -2.12. The Bertz CT molecular complexity index is 571. The van der Waals surface area contributed by atoms with Crippen LogP contribution in [-0.4, -0.2) is 31.7 Å². The van der Waals surface area contributed by atoms with E-state index in [4.69, 9.17) is 23.2 Å². The van der Waals surface area contributed by atoms with Crippen molar-refractivity contribution >= 4 is 38.9 Å². The predicted octanol–water partition coefficient (Wildman–Crippen LogP) is 2.15. The molecule has 9 heteroatoms. The van der Waals surface area contributed by atoms with Crippen molar-refractivity contribution in [2.75, 3.05) is 14.1 Å². The maximum absolute atomic E-state index is 11.8. The number of sulfonamides is 1. The van der Waals surface area contributed by atoms with Gasteiger partial charge in [0.15, 0.2) is 0 Å². The molecule has 0 aliphatic rings. The number of nitrogens with zero attached hydrogens (tertiary/aromatic N) is 2. The van der Waals surface area contributed by atoms with E-state index < -0.39 is 20.6 Å². The first-order valence-electron chi connectivity index (χ1n) is 4.24. The average Bonchev–Trinajstić information content (AvgIpc) is 2.15. The zero-order valence-electron chi connectivity index (χ0n) is 8.85. The first-order chi connectivity index (χ1) is 7.67. The molecule has 0 bridgehead atoms. The molecule has 0 saturated carbocycles. The van der Waals surface area contributed by atoms with Crippen LogP contribution < -0.4 is 0 Å². The third kappa shape index (κ3) is 2.68. The van der Waals surface area contributed by atoms with Crippen LogP contribution in [-0.2, 0) is 10.0 Å². The number of hydrogen-bond acceptors (Lipinski definition) is 4. The maximum atomic E-state index is 11.8. The fourth-order valence-corrected chi connectivity index (χ4v) is 2.76. The van der Waals surface area contributed by atoms with Crippen LogP contribution in [0.5, 0.6) is 0 Å². The summed E-state index contributed by atoms with van der Waals surface area (Å²) < 4.78 is 24.5. The van der Waals surface area contributed by atoms with Crippen molar-refractivity contribution in [1.29, 1.82) is 0 Å². The first-order valence-corrected chi connectivity index (χ1v) is 6.43. The minimum atomic E-state index is -3.84. The molecular formula is C8H8Cl2N2O4S. The molecule has 0 atom stereocenters. The number of rotatable bonds is 3. The Morgan fingerprint density at radius 2 is 1.76 bits per heavy atom. The molecule has 0 N–H and O–H groups in total. The molecule has 0 heterocycles. The van der Waals surface area contributed by atoms with Gasteiger partial charge in [-0.1, -0.05) is 23.2 Å². The normalized spacial score (nSPS) is 11.8. The van der Waals surface area contributed by atoms with Gasteiger partial charge in [0.25, 0.3) is 5.69 Å². The Labute approximate surface area is 108 Å². The summed E-state index contributed by atoms with van der Waals surface area (Å²) in [6.07, 6.45) is 0. The van der Waals surface area contributed by atoms with Gasteiger partial charge < -0.3 is 0 Å². The SMILES string of the molecule is CN(C)S(=O)(=O)c1cc([N+](=O)[O-])c(Cl)cc1Cl. The molecule has 0 amide bonds. The van der Waals surface area contributed by atoms with Crippen LogP contribution in [0.15, 0.2) is 17.0 Å². The Morgan fingerprint density at radius 3 is 2.18 bits per heavy atom. The lowest BCUT2D eigenvalue weighted by molar-refractivity contribution is -0.384. The smallest absolute Gasteiger partial charge is 0.258 e. The lowest BCUT2D eigenvalue weighted by Crippen LogP contribution is -2.22. The Kier molecular flexibility index (Phi) is 3.98. The summed E-state index contributed by atoms with van der Waals surface area (Å²) in [5.41, 5.74) is -0.503. The topological polar surface area (TPSA) is 80.5 Å². The number of nitro groups is 1. The number of benzene rings is 1. The van der Waals surface area contributed by atoms with E-state index in [1.54, 1.807) is 0 Å². The molecule has 0 aromatic heterocycles. The van der Waals surface area contributed by atoms with Crippen molar-refractivity contribution in [1.82, 2.24) is 4.31 Å². The molecule has 0 aliphatic carbocycles. The summed E-state index contributed by atoms with van der Waals surface area (Å²) in [4.78, 5) is 9.53. The standard InChI is InChI=1S/C8H8Cl2N2O4S/c1-11(2)17(15,16)8-4-7(12(13)14)5(9)3-6(8)10/h3-4H,1-2H3. The van der Waals surface area contributed by atoms with Crippen LogP contribution >= 0.6 is 23.2 Å². The average molecular weight is 299 g/mol. The van der Waals surface area contributed by atoms with E-state index in [0.717, 1.165) is 16.4 Å². The van der Waals surface area contributed by atoms with Crippen LogP contribution in [0, 0.1) is 10.1 Å². The number of hydrogen-bond donors (Lipinski definition) is 0. The van der Waals surface area contributed by atoms with Crippen molar-refractivity contribution in [3.8, 4) is 0 Å². The Morgan fingerprint density at radius 1 is 1.24 bits per heavy atom. The van der Waals surface area contributed by atoms with Crippen LogP contribution in [0.2, 0.25) is 10.0 Å². The van der Waals surface area contributed by atoms with E-state index in [1.807, 2.05) is 0 Å². The highest BCUT2D eigenvalue weighted by Crippen LogP contribution is 2.33. The number of halogens is 2. The summed E-state index contributed by atoms with van der Waals surface area (Å²) in [6.45, 7) is 0. The fraction of sp³-hybridized carbons (Fsp3) is 0.250. The predicted molar refractivity (Wildman–Crippen MR) is 64.0 cm³/mol. The van der Waals surface area contributed by atoms with Crippen molar-refractivity contribution in [3.63, 3.8) is 0 Å². The summed E-state index contributed by atoms with van der Waals surface area (Å²) in [6, 6.07) is 1.89. The zero-order chi connectivity index (χ0) is 13.4. The van der Waals surface area contributed by atoms with E-state index in [9.17, 15) is 18.5 Å². The molecule has 0 radical (unpaired) electrons. The largest absolute Gasteiger partial charge is 0.289 e. The van der Waals surface area contributed by atoms with Gasteiger partial charge in [0.2, 0.25) is 10.0 Å². The molecule has 0 saturated heterocycles. The van der Waals surface area contributed by atoms with Gasteiger partial charge in [-0.2, -0.15) is 0 Å². The molecule has 1 aromatic carbocycles. The van der Waals surface area contributed by atoms with E-state index >= 15 is 0 Å². The molecule has 1 aromatic rings. The second-order valence-electron chi connectivity index (χ2n) is 3.28. The van der Waals surface area contributed by atoms with Crippen LogP contribution in [0.4, 0.5) is 5.69 Å². The number of nitro benzene ring substituents is 1. The monoisotopic (exact) mass is 298 g/mol. The van der Waals surface area contributed by atoms with Crippen LogP contribution in [0.1, 0.15) is 0 Å². The minimum absolute atomic E-state index is 0.158. The van der Waals surface area contributed by atoms with Gasteiger partial charge in [0.1, 0.15) is 9.92 Å². The van der Waals surface area contributed by atoms with Gasteiger partial charge in [-0.05, 0) is 6.07 Å². The summed E-state index contributed by atoms with van der Waals surface area (Å²) in [5, 5.41) is 10.3. The minimum Gasteiger partial charge on any atom is -0.258 e. The van der Waals surface area contributed by atoms with Crippen LogP contribution in [0.3, 0.4) is 0 Å². The molecular weight excluding hydrogens is 291 g/mol. The van der Waals surface area contributed by atoms with Gasteiger partial charge in [0, 0.05) is 20.2 Å². The van der Waals surface area contributed by atoms with Gasteiger partial charge >= 0.3 is 0 Å². The first kappa shape index (κ1) is 14.2. The second kappa shape index (κ2) is 4.77. The summed E-state index contributed by atoms with van der Waals surface area (Å²) in [7, 11) is -1.25. The molecule has 94 valence electrons. The molecule has 1 rings (SSSR count).